The standard InChI is InChI=1S/C21H23ClN4O4S/c1-5-26-20(13-9-16(28-2)19(30-4)17(10-13)29-3)24-25-21(26)31-12-18(27)23-15-8-6-7-14(22)11-15/h6-11H,5,12H2,1-4H3,(H,23,27). The molecule has 0 aliphatic heterocycles. The number of methoxy groups -OCH3 is 3. The molecule has 1 heterocycles. The highest BCUT2D eigenvalue weighted by molar-refractivity contribution is 7.99. The van der Waals surface area contributed by atoms with Crippen molar-refractivity contribution < 1.29 is 19.0 Å². The van der Waals surface area contributed by atoms with E-state index in [0.717, 1.165) is 5.56 Å². The minimum atomic E-state index is -0.160. The fourth-order valence-corrected chi connectivity index (χ4v) is 3.99. The summed E-state index contributed by atoms with van der Waals surface area (Å²) >= 11 is 7.26. The second-order valence-corrected chi connectivity index (χ2v) is 7.69. The molecule has 10 heteroatoms. The number of thioether (sulfide) groups is 1. The van der Waals surface area contributed by atoms with E-state index in [1.54, 1.807) is 45.6 Å². The van der Waals surface area contributed by atoms with Gasteiger partial charge in [-0.1, -0.05) is 29.4 Å². The molecule has 0 radical (unpaired) electrons. The van der Waals surface area contributed by atoms with Crippen LogP contribution in [0.15, 0.2) is 41.6 Å². The summed E-state index contributed by atoms with van der Waals surface area (Å²) in [5, 5.41) is 12.6. The number of nitrogens with zero attached hydrogens (tertiary/aromatic N) is 3. The third kappa shape index (κ3) is 5.23. The largest absolute Gasteiger partial charge is 0.493 e. The number of carbonyl (C=O) groups is 1. The van der Waals surface area contributed by atoms with E-state index in [9.17, 15) is 4.79 Å². The van der Waals surface area contributed by atoms with E-state index >= 15 is 0 Å². The van der Waals surface area contributed by atoms with Crippen LogP contribution in [0.3, 0.4) is 0 Å². The SMILES string of the molecule is CCn1c(SCC(=O)Nc2cccc(Cl)c2)nnc1-c1cc(OC)c(OC)c(OC)c1. The number of hydrogen-bond acceptors (Lipinski definition) is 7. The Morgan fingerprint density at radius 2 is 1.81 bits per heavy atom. The van der Waals surface area contributed by atoms with Gasteiger partial charge in [0.1, 0.15) is 0 Å². The van der Waals surface area contributed by atoms with Crippen LogP contribution in [0.2, 0.25) is 5.02 Å². The number of aromatic nitrogens is 3. The van der Waals surface area contributed by atoms with Gasteiger partial charge in [0.2, 0.25) is 11.7 Å². The highest BCUT2D eigenvalue weighted by Crippen LogP contribution is 2.41. The Bertz CT molecular complexity index is 1050. The number of amides is 1. The average Bonchev–Trinajstić information content (AvgIpc) is 3.19. The second-order valence-electron chi connectivity index (χ2n) is 6.31. The van der Waals surface area contributed by atoms with Crippen molar-refractivity contribution in [2.45, 2.75) is 18.6 Å². The van der Waals surface area contributed by atoms with Gasteiger partial charge in [0, 0.05) is 22.8 Å². The van der Waals surface area contributed by atoms with Crippen LogP contribution in [0.4, 0.5) is 5.69 Å². The van der Waals surface area contributed by atoms with Gasteiger partial charge in [-0.3, -0.25) is 4.79 Å². The molecule has 8 nitrogen and oxygen atoms in total. The van der Waals surface area contributed by atoms with Crippen molar-refractivity contribution in [3.8, 4) is 28.6 Å². The van der Waals surface area contributed by atoms with E-state index in [1.807, 2.05) is 23.6 Å². The summed E-state index contributed by atoms with van der Waals surface area (Å²) in [7, 11) is 4.68. The van der Waals surface area contributed by atoms with E-state index in [0.29, 0.717) is 45.5 Å². The Hall–Kier alpha value is -2.91. The van der Waals surface area contributed by atoms with Crippen LogP contribution in [0.5, 0.6) is 17.2 Å². The number of halogens is 1. The highest BCUT2D eigenvalue weighted by Gasteiger charge is 2.19. The van der Waals surface area contributed by atoms with Gasteiger partial charge >= 0.3 is 0 Å². The number of nitrogens with one attached hydrogen (secondary N) is 1. The summed E-state index contributed by atoms with van der Waals surface area (Å²) in [4.78, 5) is 12.3. The molecule has 1 N–H and O–H groups in total. The monoisotopic (exact) mass is 462 g/mol. The second kappa shape index (κ2) is 10.4. The van der Waals surface area contributed by atoms with E-state index < -0.39 is 0 Å². The first kappa shape index (κ1) is 22.8. The Balaban J connectivity index is 1.80. The number of hydrogen-bond donors (Lipinski definition) is 1. The zero-order valence-corrected chi connectivity index (χ0v) is 19.2. The van der Waals surface area contributed by atoms with Gasteiger partial charge in [-0.05, 0) is 37.3 Å². The molecule has 0 aliphatic carbocycles. The van der Waals surface area contributed by atoms with Crippen LogP contribution < -0.4 is 19.5 Å². The topological polar surface area (TPSA) is 87.5 Å². The molecule has 1 amide bonds. The molecule has 0 unspecified atom stereocenters. The van der Waals surface area contributed by atoms with Gasteiger partial charge in [0.25, 0.3) is 0 Å². The van der Waals surface area contributed by atoms with Gasteiger partial charge in [-0.15, -0.1) is 10.2 Å². The first-order valence-corrected chi connectivity index (χ1v) is 10.8. The average molecular weight is 463 g/mol. The number of ether oxygens (including phenoxy) is 3. The van der Waals surface area contributed by atoms with Crippen LogP contribution in [-0.4, -0.2) is 47.8 Å². The van der Waals surface area contributed by atoms with Crippen LogP contribution >= 0.6 is 23.4 Å². The smallest absolute Gasteiger partial charge is 0.234 e. The normalized spacial score (nSPS) is 10.6. The zero-order chi connectivity index (χ0) is 22.4. The molecule has 0 aliphatic rings. The van der Waals surface area contributed by atoms with Crippen LogP contribution in [-0.2, 0) is 11.3 Å². The molecule has 3 aromatic rings. The van der Waals surface area contributed by atoms with Gasteiger partial charge < -0.3 is 24.1 Å². The molecule has 3 rings (SSSR count). The molecule has 0 spiro atoms. The Labute approximate surface area is 189 Å². The summed E-state index contributed by atoms with van der Waals surface area (Å²) in [5.41, 5.74) is 1.41. The van der Waals surface area contributed by atoms with E-state index in [1.165, 1.54) is 11.8 Å². The molecule has 164 valence electrons. The number of anilines is 1. The summed E-state index contributed by atoms with van der Waals surface area (Å²) in [5.74, 6) is 2.21. The maximum atomic E-state index is 12.3. The fourth-order valence-electron chi connectivity index (χ4n) is 3.00. The predicted octanol–water partition coefficient (Wildman–Crippen LogP) is 4.38. The number of carbonyl (C=O) groups excluding carboxylic acids is 1. The lowest BCUT2D eigenvalue weighted by Crippen LogP contribution is -2.14. The maximum Gasteiger partial charge on any atom is 0.234 e. The summed E-state index contributed by atoms with van der Waals surface area (Å²) in [6.07, 6.45) is 0. The van der Waals surface area contributed by atoms with Crippen LogP contribution in [0.1, 0.15) is 6.92 Å². The molecule has 0 atom stereocenters. The predicted molar refractivity (Wildman–Crippen MR) is 122 cm³/mol. The third-order valence-corrected chi connectivity index (χ3v) is 5.60. The van der Waals surface area contributed by atoms with Crippen molar-refractivity contribution in [3.05, 3.63) is 41.4 Å². The first-order valence-electron chi connectivity index (χ1n) is 9.42. The van der Waals surface area contributed by atoms with Crippen molar-refractivity contribution >= 4 is 35.0 Å². The lowest BCUT2D eigenvalue weighted by molar-refractivity contribution is -0.113. The molecule has 0 fully saturated rings. The third-order valence-electron chi connectivity index (χ3n) is 4.40. The van der Waals surface area contributed by atoms with Crippen molar-refractivity contribution in [1.29, 1.82) is 0 Å². The Morgan fingerprint density at radius 1 is 1.10 bits per heavy atom. The highest BCUT2D eigenvalue weighted by atomic mass is 35.5. The van der Waals surface area contributed by atoms with Gasteiger partial charge in [0.05, 0.1) is 27.1 Å². The van der Waals surface area contributed by atoms with Crippen molar-refractivity contribution in [2.24, 2.45) is 0 Å². The quantitative estimate of drug-likeness (QED) is 0.472. The first-order chi connectivity index (χ1) is 15.0. The molecule has 2 aromatic carbocycles. The summed E-state index contributed by atoms with van der Waals surface area (Å²) in [6, 6.07) is 10.6. The molecule has 0 saturated heterocycles. The zero-order valence-electron chi connectivity index (χ0n) is 17.6. The van der Waals surface area contributed by atoms with Crippen molar-refractivity contribution in [3.63, 3.8) is 0 Å². The molecule has 0 saturated carbocycles. The number of benzene rings is 2. The number of rotatable bonds is 9. The molecular weight excluding hydrogens is 440 g/mol. The van der Waals surface area contributed by atoms with Crippen molar-refractivity contribution in [1.82, 2.24) is 14.8 Å². The van der Waals surface area contributed by atoms with E-state index in [4.69, 9.17) is 25.8 Å². The van der Waals surface area contributed by atoms with Crippen LogP contribution in [0.25, 0.3) is 11.4 Å². The van der Waals surface area contributed by atoms with Crippen molar-refractivity contribution in [2.75, 3.05) is 32.4 Å². The van der Waals surface area contributed by atoms with Gasteiger partial charge in [0.15, 0.2) is 22.5 Å². The van der Waals surface area contributed by atoms with E-state index in [-0.39, 0.29) is 11.7 Å². The van der Waals surface area contributed by atoms with Gasteiger partial charge in [-0.2, -0.15) is 0 Å². The minimum absolute atomic E-state index is 0.160. The molecule has 1 aromatic heterocycles. The maximum absolute atomic E-state index is 12.3. The van der Waals surface area contributed by atoms with Crippen LogP contribution in [0, 0.1) is 0 Å². The summed E-state index contributed by atoms with van der Waals surface area (Å²) in [6.45, 7) is 2.61. The van der Waals surface area contributed by atoms with E-state index in [2.05, 4.69) is 15.5 Å². The lowest BCUT2D eigenvalue weighted by Gasteiger charge is -2.14. The Morgan fingerprint density at radius 3 is 2.39 bits per heavy atom. The molecule has 31 heavy (non-hydrogen) atoms. The van der Waals surface area contributed by atoms with Gasteiger partial charge in [-0.25, -0.2) is 0 Å². The minimum Gasteiger partial charge on any atom is -0.493 e. The Kier molecular flexibility index (Phi) is 7.64. The molecule has 0 bridgehead atoms. The molecular formula is C21H23ClN4O4S. The fraction of sp³-hybridized carbons (Fsp3) is 0.286. The lowest BCUT2D eigenvalue weighted by atomic mass is 10.1. The summed E-state index contributed by atoms with van der Waals surface area (Å²) < 4.78 is 18.2.